The van der Waals surface area contributed by atoms with Crippen LogP contribution >= 0.6 is 0 Å². The van der Waals surface area contributed by atoms with Gasteiger partial charge in [0, 0.05) is 18.9 Å². The van der Waals surface area contributed by atoms with Gasteiger partial charge < -0.3 is 9.67 Å². The van der Waals surface area contributed by atoms with Crippen molar-refractivity contribution in [2.24, 2.45) is 5.92 Å². The van der Waals surface area contributed by atoms with E-state index in [-0.39, 0.29) is 6.54 Å². The summed E-state index contributed by atoms with van der Waals surface area (Å²) in [5.74, 6) is -4.49. The number of aryl methyl sites for hydroxylation is 1. The Morgan fingerprint density at radius 3 is 2.16 bits per heavy atom. The Kier molecular flexibility index (Phi) is 4.49. The molecule has 0 saturated heterocycles. The molecule has 0 bridgehead atoms. The van der Waals surface area contributed by atoms with Crippen molar-refractivity contribution in [3.05, 3.63) is 18.2 Å². The van der Waals surface area contributed by atoms with Crippen LogP contribution in [-0.2, 0) is 6.54 Å². The minimum Gasteiger partial charge on any atom is -0.384 e. The van der Waals surface area contributed by atoms with Gasteiger partial charge in [0.1, 0.15) is 11.9 Å². The van der Waals surface area contributed by atoms with Crippen molar-refractivity contribution < 1.29 is 31.4 Å². The van der Waals surface area contributed by atoms with E-state index in [1.165, 1.54) is 6.20 Å². The molecule has 1 unspecified atom stereocenters. The number of aromatic nitrogens is 2. The number of imidazole rings is 1. The first kappa shape index (κ1) is 15.8. The lowest BCUT2D eigenvalue weighted by molar-refractivity contribution is -0.308. The molecule has 0 aliphatic heterocycles. The molecule has 0 saturated carbocycles. The third-order valence-electron chi connectivity index (χ3n) is 2.50. The van der Waals surface area contributed by atoms with E-state index in [4.69, 9.17) is 0 Å². The average molecular weight is 290 g/mol. The molecule has 1 heterocycles. The van der Waals surface area contributed by atoms with Crippen LogP contribution in [0.1, 0.15) is 25.3 Å². The number of alkyl halides is 6. The van der Waals surface area contributed by atoms with Crippen molar-refractivity contribution in [3.8, 4) is 0 Å². The van der Waals surface area contributed by atoms with E-state index in [0.717, 1.165) is 10.8 Å². The molecule has 0 spiro atoms. The second kappa shape index (κ2) is 5.40. The van der Waals surface area contributed by atoms with E-state index in [1.807, 2.05) is 0 Å². The molecule has 19 heavy (non-hydrogen) atoms. The quantitative estimate of drug-likeness (QED) is 0.865. The standard InChI is InChI=1S/C10H12F6N2O/c1-2-4-18-5-3-17-8(18)6(19)7(9(11,12)13)10(14,15)16/h3,5-7,19H,2,4H2,1H3. The number of nitrogens with zero attached hydrogens (tertiary/aromatic N) is 2. The maximum Gasteiger partial charge on any atom is 0.403 e. The summed E-state index contributed by atoms with van der Waals surface area (Å²) in [5.41, 5.74) is 0. The first-order valence-corrected chi connectivity index (χ1v) is 5.41. The van der Waals surface area contributed by atoms with Gasteiger partial charge in [-0.3, -0.25) is 0 Å². The van der Waals surface area contributed by atoms with Crippen LogP contribution < -0.4 is 0 Å². The van der Waals surface area contributed by atoms with Gasteiger partial charge in [0.05, 0.1) is 0 Å². The zero-order valence-corrected chi connectivity index (χ0v) is 9.83. The Labute approximate surface area is 104 Å². The minimum atomic E-state index is -5.60. The van der Waals surface area contributed by atoms with Crippen molar-refractivity contribution in [3.63, 3.8) is 0 Å². The predicted octanol–water partition coefficient (Wildman–Crippen LogP) is 3.07. The highest BCUT2D eigenvalue weighted by Crippen LogP contribution is 2.46. The second-order valence-electron chi connectivity index (χ2n) is 3.98. The largest absolute Gasteiger partial charge is 0.403 e. The lowest BCUT2D eigenvalue weighted by atomic mass is 10.0. The zero-order chi connectivity index (χ0) is 14.8. The highest BCUT2D eigenvalue weighted by atomic mass is 19.4. The van der Waals surface area contributed by atoms with Gasteiger partial charge >= 0.3 is 12.4 Å². The van der Waals surface area contributed by atoms with E-state index in [0.29, 0.717) is 6.42 Å². The predicted molar refractivity (Wildman–Crippen MR) is 53.1 cm³/mol. The summed E-state index contributed by atoms with van der Waals surface area (Å²) in [6, 6.07) is 0. The third-order valence-corrected chi connectivity index (χ3v) is 2.50. The molecule has 1 aromatic heterocycles. The Bertz CT molecular complexity index is 397. The summed E-state index contributed by atoms with van der Waals surface area (Å²) >= 11 is 0. The Morgan fingerprint density at radius 1 is 1.21 bits per heavy atom. The van der Waals surface area contributed by atoms with Crippen LogP contribution in [0.25, 0.3) is 0 Å². The topological polar surface area (TPSA) is 38.0 Å². The second-order valence-corrected chi connectivity index (χ2v) is 3.98. The van der Waals surface area contributed by atoms with E-state index in [1.54, 1.807) is 6.92 Å². The van der Waals surface area contributed by atoms with Crippen LogP contribution in [0.3, 0.4) is 0 Å². The molecule has 1 atom stereocenters. The van der Waals surface area contributed by atoms with Gasteiger partial charge in [0.25, 0.3) is 0 Å². The van der Waals surface area contributed by atoms with Gasteiger partial charge in [-0.25, -0.2) is 4.98 Å². The van der Waals surface area contributed by atoms with E-state index >= 15 is 0 Å². The molecule has 0 radical (unpaired) electrons. The lowest BCUT2D eigenvalue weighted by Gasteiger charge is -2.27. The molecular weight excluding hydrogens is 278 g/mol. The monoisotopic (exact) mass is 290 g/mol. The molecule has 9 heteroatoms. The summed E-state index contributed by atoms with van der Waals surface area (Å²) < 4.78 is 75.8. The van der Waals surface area contributed by atoms with Gasteiger partial charge in [0.2, 0.25) is 0 Å². The first-order chi connectivity index (χ1) is 8.59. The van der Waals surface area contributed by atoms with E-state index in [9.17, 15) is 31.4 Å². The molecule has 110 valence electrons. The lowest BCUT2D eigenvalue weighted by Crippen LogP contribution is -2.41. The van der Waals surface area contributed by atoms with E-state index in [2.05, 4.69) is 4.98 Å². The van der Waals surface area contributed by atoms with Gasteiger partial charge in [-0.15, -0.1) is 0 Å². The Hall–Kier alpha value is -1.25. The molecule has 0 fully saturated rings. The molecular formula is C10H12F6N2O. The van der Waals surface area contributed by atoms with Crippen LogP contribution in [0.4, 0.5) is 26.3 Å². The highest BCUT2D eigenvalue weighted by Gasteiger charge is 2.61. The summed E-state index contributed by atoms with van der Waals surface area (Å²) in [6.45, 7) is 1.87. The van der Waals surface area contributed by atoms with Gasteiger partial charge in [0.15, 0.2) is 5.92 Å². The smallest absolute Gasteiger partial charge is 0.384 e. The summed E-state index contributed by atoms with van der Waals surface area (Å²) in [7, 11) is 0. The number of aliphatic hydroxyl groups excluding tert-OH is 1. The van der Waals surface area contributed by atoms with Gasteiger partial charge in [-0.2, -0.15) is 26.3 Å². The van der Waals surface area contributed by atoms with Crippen LogP contribution in [-0.4, -0.2) is 27.0 Å². The van der Waals surface area contributed by atoms with Crippen LogP contribution in [0, 0.1) is 5.92 Å². The average Bonchev–Trinajstić information content (AvgIpc) is 2.61. The SMILES string of the molecule is CCCn1ccnc1C(O)C(C(F)(F)F)C(F)(F)F. The molecule has 1 aromatic rings. The maximum atomic E-state index is 12.5. The fourth-order valence-corrected chi connectivity index (χ4v) is 1.71. The number of aliphatic hydroxyl groups is 1. The fraction of sp³-hybridized carbons (Fsp3) is 0.700. The third kappa shape index (κ3) is 3.62. The molecule has 0 aromatic carbocycles. The van der Waals surface area contributed by atoms with E-state index < -0.39 is 30.2 Å². The van der Waals surface area contributed by atoms with Gasteiger partial charge in [-0.05, 0) is 6.42 Å². The molecule has 0 aliphatic rings. The number of hydrogen-bond donors (Lipinski definition) is 1. The summed E-state index contributed by atoms with van der Waals surface area (Å²) in [6.07, 6.45) is -11.2. The van der Waals surface area contributed by atoms with Gasteiger partial charge in [-0.1, -0.05) is 6.92 Å². The van der Waals surface area contributed by atoms with Crippen molar-refractivity contribution >= 4 is 0 Å². The number of hydrogen-bond acceptors (Lipinski definition) is 2. The van der Waals surface area contributed by atoms with Crippen LogP contribution in [0.2, 0.25) is 0 Å². The summed E-state index contributed by atoms with van der Waals surface area (Å²) in [4.78, 5) is 3.40. The molecule has 0 amide bonds. The maximum absolute atomic E-state index is 12.5. The first-order valence-electron chi connectivity index (χ1n) is 5.41. The van der Waals surface area contributed by atoms with Crippen LogP contribution in [0.15, 0.2) is 12.4 Å². The highest BCUT2D eigenvalue weighted by molar-refractivity contribution is 5.01. The van der Waals surface area contributed by atoms with Crippen molar-refractivity contribution in [2.45, 2.75) is 38.3 Å². The fourth-order valence-electron chi connectivity index (χ4n) is 1.71. The zero-order valence-electron chi connectivity index (χ0n) is 9.83. The van der Waals surface area contributed by atoms with Crippen LogP contribution in [0.5, 0.6) is 0 Å². The molecule has 0 aliphatic carbocycles. The minimum absolute atomic E-state index is 0.175. The summed E-state index contributed by atoms with van der Waals surface area (Å²) in [5, 5.41) is 9.42. The molecule has 1 N–H and O–H groups in total. The van der Waals surface area contributed by atoms with Crippen molar-refractivity contribution in [2.75, 3.05) is 0 Å². The Balaban J connectivity index is 3.13. The van der Waals surface area contributed by atoms with Crippen molar-refractivity contribution in [1.82, 2.24) is 9.55 Å². The Morgan fingerprint density at radius 2 is 1.74 bits per heavy atom. The number of halogens is 6. The molecule has 1 rings (SSSR count). The molecule has 3 nitrogen and oxygen atoms in total. The number of rotatable bonds is 4. The normalized spacial score (nSPS) is 15.0. The van der Waals surface area contributed by atoms with Crippen molar-refractivity contribution in [1.29, 1.82) is 0 Å².